The van der Waals surface area contributed by atoms with Crippen molar-refractivity contribution < 1.29 is 0 Å². The summed E-state index contributed by atoms with van der Waals surface area (Å²) in [6.45, 7) is 8.67. The van der Waals surface area contributed by atoms with Crippen molar-refractivity contribution in [2.45, 2.75) is 40.0 Å². The SMILES string of the molecule is CCC1CCN(c2nnc(-c3ccc(C#N)cc3)c(C)c2C)CC1. The predicted molar refractivity (Wildman–Crippen MR) is 96.9 cm³/mol. The highest BCUT2D eigenvalue weighted by Gasteiger charge is 2.22. The van der Waals surface area contributed by atoms with E-state index in [2.05, 4.69) is 41.9 Å². The van der Waals surface area contributed by atoms with Crippen LogP contribution in [-0.4, -0.2) is 23.3 Å². The second-order valence-corrected chi connectivity index (χ2v) is 6.65. The van der Waals surface area contributed by atoms with E-state index in [4.69, 9.17) is 5.26 Å². The van der Waals surface area contributed by atoms with Gasteiger partial charge in [0.1, 0.15) is 0 Å². The van der Waals surface area contributed by atoms with E-state index in [-0.39, 0.29) is 0 Å². The molecule has 0 radical (unpaired) electrons. The van der Waals surface area contributed by atoms with E-state index in [1.54, 1.807) is 0 Å². The molecule has 0 spiro atoms. The van der Waals surface area contributed by atoms with Crippen molar-refractivity contribution >= 4 is 5.82 Å². The quantitative estimate of drug-likeness (QED) is 0.848. The third-order valence-corrected chi connectivity index (χ3v) is 5.28. The molecule has 1 aliphatic heterocycles. The van der Waals surface area contributed by atoms with E-state index in [1.807, 2.05) is 24.3 Å². The number of hydrogen-bond donors (Lipinski definition) is 0. The van der Waals surface area contributed by atoms with Crippen molar-refractivity contribution in [1.82, 2.24) is 10.2 Å². The summed E-state index contributed by atoms with van der Waals surface area (Å²) in [5.41, 5.74) is 4.96. The first-order valence-electron chi connectivity index (χ1n) is 8.73. The van der Waals surface area contributed by atoms with Gasteiger partial charge in [-0.15, -0.1) is 10.2 Å². The van der Waals surface area contributed by atoms with Crippen LogP contribution in [0.25, 0.3) is 11.3 Å². The van der Waals surface area contributed by atoms with Gasteiger partial charge in [0.05, 0.1) is 17.3 Å². The largest absolute Gasteiger partial charge is 0.355 e. The molecule has 1 aromatic carbocycles. The van der Waals surface area contributed by atoms with Gasteiger partial charge in [-0.25, -0.2) is 0 Å². The topological polar surface area (TPSA) is 52.8 Å². The summed E-state index contributed by atoms with van der Waals surface area (Å²) in [6, 6.07) is 9.70. The molecule has 1 aromatic heterocycles. The summed E-state index contributed by atoms with van der Waals surface area (Å²) >= 11 is 0. The Morgan fingerprint density at radius 1 is 1.08 bits per heavy atom. The Kier molecular flexibility index (Phi) is 4.80. The van der Waals surface area contributed by atoms with E-state index in [0.717, 1.165) is 36.1 Å². The summed E-state index contributed by atoms with van der Waals surface area (Å²) in [7, 11) is 0. The molecule has 0 saturated carbocycles. The zero-order valence-electron chi connectivity index (χ0n) is 14.7. The first kappa shape index (κ1) is 16.4. The molecule has 2 aromatic rings. The van der Waals surface area contributed by atoms with Gasteiger partial charge in [-0.2, -0.15) is 5.26 Å². The molecule has 2 heterocycles. The summed E-state index contributed by atoms with van der Waals surface area (Å²) < 4.78 is 0. The van der Waals surface area contributed by atoms with Crippen LogP contribution < -0.4 is 4.90 Å². The Balaban J connectivity index is 1.87. The monoisotopic (exact) mass is 320 g/mol. The van der Waals surface area contributed by atoms with Gasteiger partial charge >= 0.3 is 0 Å². The van der Waals surface area contributed by atoms with Crippen LogP contribution in [0.3, 0.4) is 0 Å². The molecule has 0 atom stereocenters. The van der Waals surface area contributed by atoms with Crippen molar-refractivity contribution in [3.63, 3.8) is 0 Å². The van der Waals surface area contributed by atoms with Crippen LogP contribution in [0.15, 0.2) is 24.3 Å². The number of anilines is 1. The van der Waals surface area contributed by atoms with Gasteiger partial charge in [-0.1, -0.05) is 25.5 Å². The molecule has 3 rings (SSSR count). The van der Waals surface area contributed by atoms with Crippen LogP contribution >= 0.6 is 0 Å². The lowest BCUT2D eigenvalue weighted by molar-refractivity contribution is 0.393. The fraction of sp³-hybridized carbons (Fsp3) is 0.450. The third-order valence-electron chi connectivity index (χ3n) is 5.28. The molecule has 124 valence electrons. The van der Waals surface area contributed by atoms with Gasteiger partial charge in [0, 0.05) is 18.7 Å². The highest BCUT2D eigenvalue weighted by Crippen LogP contribution is 2.30. The zero-order valence-corrected chi connectivity index (χ0v) is 14.7. The number of rotatable bonds is 3. The van der Waals surface area contributed by atoms with Crippen molar-refractivity contribution in [2.75, 3.05) is 18.0 Å². The molecule has 0 amide bonds. The summed E-state index contributed by atoms with van der Waals surface area (Å²) in [4.78, 5) is 2.38. The van der Waals surface area contributed by atoms with Gasteiger partial charge < -0.3 is 4.90 Å². The van der Waals surface area contributed by atoms with Gasteiger partial charge in [0.2, 0.25) is 0 Å². The van der Waals surface area contributed by atoms with Gasteiger partial charge in [0.25, 0.3) is 0 Å². The zero-order chi connectivity index (χ0) is 17.1. The Labute approximate surface area is 144 Å². The van der Waals surface area contributed by atoms with Crippen LogP contribution in [0, 0.1) is 31.1 Å². The Morgan fingerprint density at radius 2 is 1.75 bits per heavy atom. The molecule has 0 bridgehead atoms. The van der Waals surface area contributed by atoms with Crippen LogP contribution in [0.4, 0.5) is 5.82 Å². The predicted octanol–water partition coefficient (Wildman–Crippen LogP) is 4.26. The van der Waals surface area contributed by atoms with Crippen LogP contribution in [0.2, 0.25) is 0 Å². The number of nitrogens with zero attached hydrogens (tertiary/aromatic N) is 4. The molecule has 24 heavy (non-hydrogen) atoms. The average molecular weight is 320 g/mol. The summed E-state index contributed by atoms with van der Waals surface area (Å²) in [6.07, 6.45) is 3.76. The van der Waals surface area contributed by atoms with Crippen LogP contribution in [-0.2, 0) is 0 Å². The molecule has 1 saturated heterocycles. The highest BCUT2D eigenvalue weighted by molar-refractivity contribution is 5.67. The third kappa shape index (κ3) is 3.12. The van der Waals surface area contributed by atoms with Crippen molar-refractivity contribution in [2.24, 2.45) is 5.92 Å². The first-order chi connectivity index (χ1) is 11.6. The normalized spacial score (nSPS) is 15.3. The molecule has 0 unspecified atom stereocenters. The number of benzene rings is 1. The van der Waals surface area contributed by atoms with E-state index >= 15 is 0 Å². The van der Waals surface area contributed by atoms with Crippen molar-refractivity contribution in [3.05, 3.63) is 41.0 Å². The number of aromatic nitrogens is 2. The molecule has 1 fully saturated rings. The Bertz CT molecular complexity index is 750. The molecule has 0 aliphatic carbocycles. The van der Waals surface area contributed by atoms with Crippen LogP contribution in [0.5, 0.6) is 0 Å². The smallest absolute Gasteiger partial charge is 0.154 e. The molecule has 4 nitrogen and oxygen atoms in total. The lowest BCUT2D eigenvalue weighted by Crippen LogP contribution is -2.34. The van der Waals surface area contributed by atoms with Gasteiger partial charge in [-0.05, 0) is 55.9 Å². The number of hydrogen-bond acceptors (Lipinski definition) is 4. The van der Waals surface area contributed by atoms with E-state index in [1.165, 1.54) is 30.4 Å². The fourth-order valence-corrected chi connectivity index (χ4v) is 3.42. The summed E-state index contributed by atoms with van der Waals surface area (Å²) in [5.74, 6) is 1.88. The number of nitriles is 1. The van der Waals surface area contributed by atoms with Gasteiger partial charge in [-0.3, -0.25) is 0 Å². The highest BCUT2D eigenvalue weighted by atomic mass is 15.3. The average Bonchev–Trinajstić information content (AvgIpc) is 2.64. The lowest BCUT2D eigenvalue weighted by Gasteiger charge is -2.33. The Hall–Kier alpha value is -2.41. The molecular formula is C20H24N4. The second-order valence-electron chi connectivity index (χ2n) is 6.65. The number of piperidine rings is 1. The Morgan fingerprint density at radius 3 is 2.33 bits per heavy atom. The van der Waals surface area contributed by atoms with E-state index in [0.29, 0.717) is 5.56 Å². The molecule has 0 N–H and O–H groups in total. The summed E-state index contributed by atoms with van der Waals surface area (Å²) in [5, 5.41) is 18.0. The molecule has 1 aliphatic rings. The minimum atomic E-state index is 0.663. The van der Waals surface area contributed by atoms with Crippen molar-refractivity contribution in [3.8, 4) is 17.3 Å². The molecule has 4 heteroatoms. The fourth-order valence-electron chi connectivity index (χ4n) is 3.42. The van der Waals surface area contributed by atoms with Crippen LogP contribution in [0.1, 0.15) is 42.9 Å². The minimum absolute atomic E-state index is 0.663. The maximum absolute atomic E-state index is 8.93. The van der Waals surface area contributed by atoms with Crippen molar-refractivity contribution in [1.29, 1.82) is 5.26 Å². The lowest BCUT2D eigenvalue weighted by atomic mass is 9.94. The molecular weight excluding hydrogens is 296 g/mol. The van der Waals surface area contributed by atoms with E-state index < -0.39 is 0 Å². The minimum Gasteiger partial charge on any atom is -0.355 e. The van der Waals surface area contributed by atoms with E-state index in [9.17, 15) is 0 Å². The second kappa shape index (κ2) is 7.00. The standard InChI is InChI=1S/C20H24N4/c1-4-16-9-11-24(12-10-16)20-15(3)14(2)19(22-23-20)18-7-5-17(13-21)6-8-18/h5-8,16H,4,9-12H2,1-3H3. The maximum atomic E-state index is 8.93. The maximum Gasteiger partial charge on any atom is 0.154 e. The van der Waals surface area contributed by atoms with Gasteiger partial charge in [0.15, 0.2) is 5.82 Å². The first-order valence-corrected chi connectivity index (χ1v) is 8.73.